The molecule has 0 bridgehead atoms. The van der Waals surface area contributed by atoms with Gasteiger partial charge >= 0.3 is 5.97 Å². The Balaban J connectivity index is 1.85. The molecule has 0 saturated heterocycles. The van der Waals surface area contributed by atoms with Crippen LogP contribution in [-0.4, -0.2) is 26.6 Å². The van der Waals surface area contributed by atoms with Gasteiger partial charge < -0.3 is 19.3 Å². The van der Waals surface area contributed by atoms with Gasteiger partial charge in [-0.2, -0.15) is 5.10 Å². The van der Waals surface area contributed by atoms with Crippen LogP contribution >= 0.6 is 0 Å². The van der Waals surface area contributed by atoms with Crippen LogP contribution in [-0.2, 0) is 11.3 Å². The first-order chi connectivity index (χ1) is 11.3. The van der Waals surface area contributed by atoms with Gasteiger partial charge in [0.1, 0.15) is 17.9 Å². The van der Waals surface area contributed by atoms with E-state index in [9.17, 15) is 9.90 Å². The highest BCUT2D eigenvalue weighted by Crippen LogP contribution is 2.43. The molecule has 1 aliphatic heterocycles. The average Bonchev–Trinajstić information content (AvgIpc) is 2.95. The number of carbonyl (C=O) groups is 1. The lowest BCUT2D eigenvalue weighted by atomic mass is 10.1. The summed E-state index contributed by atoms with van der Waals surface area (Å²) in [6.45, 7) is 7.50. The van der Waals surface area contributed by atoms with Crippen LogP contribution < -0.4 is 9.47 Å². The predicted molar refractivity (Wildman–Crippen MR) is 85.2 cm³/mol. The van der Waals surface area contributed by atoms with E-state index >= 15 is 0 Å². The Morgan fingerprint density at radius 3 is 2.75 bits per heavy atom. The minimum Gasteiger partial charge on any atom is -0.504 e. The van der Waals surface area contributed by atoms with Gasteiger partial charge in [-0.25, -0.2) is 4.79 Å². The van der Waals surface area contributed by atoms with Gasteiger partial charge in [-0.3, -0.25) is 4.68 Å². The van der Waals surface area contributed by atoms with Crippen molar-refractivity contribution in [3.8, 4) is 17.2 Å². The summed E-state index contributed by atoms with van der Waals surface area (Å²) in [6.07, 6.45) is 3.60. The number of fused-ring (bicyclic) bond motifs is 1. The van der Waals surface area contributed by atoms with Gasteiger partial charge in [0.15, 0.2) is 11.5 Å². The normalized spacial score (nSPS) is 15.6. The molecule has 128 valence electrons. The van der Waals surface area contributed by atoms with E-state index in [-0.39, 0.29) is 29.7 Å². The molecule has 0 radical (unpaired) electrons. The number of phenolic OH excluding ortho intramolecular Hbond substituents is 1. The second kappa shape index (κ2) is 5.74. The topological polar surface area (TPSA) is 82.8 Å². The van der Waals surface area contributed by atoms with Crippen LogP contribution in [0.4, 0.5) is 0 Å². The number of cyclic esters (lactones) is 1. The number of nitrogens with zero attached hydrogens (tertiary/aromatic N) is 2. The molecule has 1 aromatic heterocycles. The van der Waals surface area contributed by atoms with Crippen LogP contribution in [0.25, 0.3) is 0 Å². The Morgan fingerprint density at radius 2 is 2.08 bits per heavy atom. The summed E-state index contributed by atoms with van der Waals surface area (Å²) in [7, 11) is 0. The number of aromatic nitrogens is 2. The van der Waals surface area contributed by atoms with Gasteiger partial charge in [0.25, 0.3) is 0 Å². The zero-order valence-corrected chi connectivity index (χ0v) is 14.1. The summed E-state index contributed by atoms with van der Waals surface area (Å²) in [5.41, 5.74) is 0.960. The third-order valence-corrected chi connectivity index (χ3v) is 3.57. The van der Waals surface area contributed by atoms with E-state index in [1.54, 1.807) is 20.0 Å². The summed E-state index contributed by atoms with van der Waals surface area (Å²) >= 11 is 0. The molecular formula is C17H20N2O5. The fourth-order valence-electron chi connectivity index (χ4n) is 2.41. The fourth-order valence-corrected chi connectivity index (χ4v) is 2.41. The number of carbonyl (C=O) groups excluding carboxylic acids is 1. The smallest absolute Gasteiger partial charge is 0.349 e. The highest BCUT2D eigenvalue weighted by molar-refractivity contribution is 5.97. The van der Waals surface area contributed by atoms with Crippen molar-refractivity contribution in [3.63, 3.8) is 0 Å². The first-order valence-electron chi connectivity index (χ1n) is 7.71. The number of rotatable bonds is 4. The second-order valence-electron chi connectivity index (χ2n) is 6.39. The van der Waals surface area contributed by atoms with Crippen molar-refractivity contribution in [2.24, 2.45) is 0 Å². The van der Waals surface area contributed by atoms with Crippen molar-refractivity contribution in [1.29, 1.82) is 0 Å². The molecule has 0 unspecified atom stereocenters. The zero-order valence-electron chi connectivity index (χ0n) is 14.1. The molecule has 7 heteroatoms. The molecule has 1 N–H and O–H groups in total. The van der Waals surface area contributed by atoms with Gasteiger partial charge in [-0.15, -0.1) is 0 Å². The Morgan fingerprint density at radius 1 is 1.33 bits per heavy atom. The Kier molecular flexibility index (Phi) is 3.87. The van der Waals surface area contributed by atoms with E-state index in [0.29, 0.717) is 5.75 Å². The van der Waals surface area contributed by atoms with Crippen molar-refractivity contribution in [3.05, 3.63) is 35.7 Å². The molecule has 1 aliphatic rings. The van der Waals surface area contributed by atoms with Crippen LogP contribution in [0.1, 0.15) is 49.7 Å². The SMILES string of the molecule is CC(C)n1cc(COc2ccc(O)c3c2C(=O)OC(C)(C)O3)cn1. The monoisotopic (exact) mass is 332 g/mol. The summed E-state index contributed by atoms with van der Waals surface area (Å²) in [5.74, 6) is -1.49. The first kappa shape index (κ1) is 16.2. The van der Waals surface area contributed by atoms with Gasteiger partial charge in [0.2, 0.25) is 5.79 Å². The molecular weight excluding hydrogens is 312 g/mol. The van der Waals surface area contributed by atoms with Crippen molar-refractivity contribution < 1.29 is 24.1 Å². The molecule has 3 rings (SSSR count). The molecule has 0 spiro atoms. The highest BCUT2D eigenvalue weighted by atomic mass is 16.7. The van der Waals surface area contributed by atoms with Crippen molar-refractivity contribution in [1.82, 2.24) is 9.78 Å². The largest absolute Gasteiger partial charge is 0.504 e. The first-order valence-corrected chi connectivity index (χ1v) is 7.71. The van der Waals surface area contributed by atoms with Gasteiger partial charge in [0, 0.05) is 31.6 Å². The van der Waals surface area contributed by atoms with Gasteiger partial charge in [-0.05, 0) is 26.0 Å². The molecule has 7 nitrogen and oxygen atoms in total. The predicted octanol–water partition coefficient (Wildman–Crippen LogP) is 3.03. The maximum Gasteiger partial charge on any atom is 0.349 e. The maximum absolute atomic E-state index is 12.3. The van der Waals surface area contributed by atoms with Crippen molar-refractivity contribution in [2.75, 3.05) is 0 Å². The molecule has 2 aromatic rings. The average molecular weight is 332 g/mol. The Bertz CT molecular complexity index is 779. The molecule has 2 heterocycles. The standard InChI is InChI=1S/C17H20N2O5/c1-10(2)19-8-11(7-18-19)9-22-13-6-5-12(20)15-14(13)16(21)24-17(3,4)23-15/h5-8,10,20H,9H2,1-4H3. The van der Waals surface area contributed by atoms with Crippen LogP contribution in [0.2, 0.25) is 0 Å². The Labute approximate surface area is 139 Å². The molecule has 0 saturated carbocycles. The minimum absolute atomic E-state index is 0.0756. The second-order valence-corrected chi connectivity index (χ2v) is 6.39. The number of esters is 1. The lowest BCUT2D eigenvalue weighted by molar-refractivity contribution is -0.128. The van der Waals surface area contributed by atoms with E-state index in [1.807, 2.05) is 24.7 Å². The number of ether oxygens (including phenoxy) is 3. The molecule has 0 atom stereocenters. The number of hydrogen-bond donors (Lipinski definition) is 1. The van der Waals surface area contributed by atoms with E-state index < -0.39 is 11.8 Å². The number of benzene rings is 1. The van der Waals surface area contributed by atoms with E-state index in [4.69, 9.17) is 14.2 Å². The van der Waals surface area contributed by atoms with E-state index in [2.05, 4.69) is 5.10 Å². The number of hydrogen-bond acceptors (Lipinski definition) is 6. The van der Waals surface area contributed by atoms with E-state index in [0.717, 1.165) is 5.56 Å². The molecule has 0 aliphatic carbocycles. The number of phenols is 1. The summed E-state index contributed by atoms with van der Waals surface area (Å²) < 4.78 is 18.3. The lowest BCUT2D eigenvalue weighted by Gasteiger charge is -2.32. The molecule has 1 aromatic carbocycles. The van der Waals surface area contributed by atoms with Crippen LogP contribution in [0.3, 0.4) is 0 Å². The quantitative estimate of drug-likeness (QED) is 0.867. The lowest BCUT2D eigenvalue weighted by Crippen LogP contribution is -2.39. The van der Waals surface area contributed by atoms with Gasteiger partial charge in [-0.1, -0.05) is 0 Å². The van der Waals surface area contributed by atoms with Crippen molar-refractivity contribution >= 4 is 5.97 Å². The van der Waals surface area contributed by atoms with Gasteiger partial charge in [0.05, 0.1) is 6.20 Å². The molecule has 0 amide bonds. The Hall–Kier alpha value is -2.70. The third kappa shape index (κ3) is 3.02. The van der Waals surface area contributed by atoms with Crippen LogP contribution in [0.15, 0.2) is 24.5 Å². The van der Waals surface area contributed by atoms with E-state index in [1.165, 1.54) is 12.1 Å². The fraction of sp³-hybridized carbons (Fsp3) is 0.412. The summed E-state index contributed by atoms with van der Waals surface area (Å²) in [4.78, 5) is 12.3. The summed E-state index contributed by atoms with van der Waals surface area (Å²) in [6, 6.07) is 3.20. The van der Waals surface area contributed by atoms with Crippen LogP contribution in [0, 0.1) is 0 Å². The minimum atomic E-state index is -1.14. The van der Waals surface area contributed by atoms with Crippen molar-refractivity contribution in [2.45, 2.75) is 46.1 Å². The third-order valence-electron chi connectivity index (χ3n) is 3.57. The van der Waals surface area contributed by atoms with Crippen LogP contribution in [0.5, 0.6) is 17.2 Å². The summed E-state index contributed by atoms with van der Waals surface area (Å²) in [5, 5.41) is 14.2. The highest BCUT2D eigenvalue weighted by Gasteiger charge is 2.38. The maximum atomic E-state index is 12.3. The molecule has 0 fully saturated rings. The zero-order chi connectivity index (χ0) is 17.5. The number of aromatic hydroxyl groups is 1. The molecule has 24 heavy (non-hydrogen) atoms.